The van der Waals surface area contributed by atoms with Gasteiger partial charge < -0.3 is 0 Å². The van der Waals surface area contributed by atoms with Gasteiger partial charge in [-0.15, -0.1) is 0 Å². The molecule has 0 fully saturated rings. The van der Waals surface area contributed by atoms with Crippen LogP contribution in [0, 0.1) is 0 Å². The smallest absolute Gasteiger partial charge is 0.0159 e. The van der Waals surface area contributed by atoms with E-state index in [9.17, 15) is 0 Å². The molecule has 20 heavy (non-hydrogen) atoms. The molecule has 114 valence electrons. The van der Waals surface area contributed by atoms with Gasteiger partial charge in [0.05, 0.1) is 0 Å². The first-order chi connectivity index (χ1) is 9.83. The van der Waals surface area contributed by atoms with Crippen LogP contribution in [0.5, 0.6) is 0 Å². The van der Waals surface area contributed by atoms with Crippen molar-refractivity contribution in [3.63, 3.8) is 0 Å². The van der Waals surface area contributed by atoms with Gasteiger partial charge in [0.1, 0.15) is 0 Å². The second-order valence-corrected chi connectivity index (χ2v) is 6.14. The molecule has 0 radical (unpaired) electrons. The van der Waals surface area contributed by atoms with Crippen LogP contribution >= 0.6 is 0 Å². The zero-order valence-electron chi connectivity index (χ0n) is 14.0. The van der Waals surface area contributed by atoms with Gasteiger partial charge in [-0.25, -0.2) is 0 Å². The summed E-state index contributed by atoms with van der Waals surface area (Å²) < 4.78 is 0. The summed E-state index contributed by atoms with van der Waals surface area (Å²) in [5, 5.41) is 0. The highest BCUT2D eigenvalue weighted by Gasteiger charge is 2.14. The van der Waals surface area contributed by atoms with E-state index < -0.39 is 0 Å². The number of benzene rings is 1. The zero-order chi connectivity index (χ0) is 14.6. The fourth-order valence-electron chi connectivity index (χ4n) is 3.07. The molecule has 0 N–H and O–H groups in total. The van der Waals surface area contributed by atoms with Gasteiger partial charge in [-0.3, -0.25) is 0 Å². The fraction of sp³-hybridized carbons (Fsp3) is 0.700. The van der Waals surface area contributed by atoms with E-state index in [2.05, 4.69) is 45.0 Å². The van der Waals surface area contributed by atoms with Gasteiger partial charge in [0.25, 0.3) is 0 Å². The Labute approximate surface area is 127 Å². The second-order valence-electron chi connectivity index (χ2n) is 6.14. The summed E-state index contributed by atoms with van der Waals surface area (Å²) >= 11 is 0. The number of aryl methyl sites for hydroxylation is 1. The Morgan fingerprint density at radius 2 is 1.40 bits per heavy atom. The topological polar surface area (TPSA) is 0 Å². The van der Waals surface area contributed by atoms with Crippen molar-refractivity contribution in [2.45, 2.75) is 90.9 Å². The summed E-state index contributed by atoms with van der Waals surface area (Å²) in [6, 6.07) is 9.22. The van der Waals surface area contributed by atoms with Gasteiger partial charge in [-0.1, -0.05) is 83.6 Å². The Hall–Kier alpha value is -0.780. The van der Waals surface area contributed by atoms with Crippen molar-refractivity contribution in [3.05, 3.63) is 35.4 Å². The predicted molar refractivity (Wildman–Crippen MR) is 91.5 cm³/mol. The molecule has 0 nitrogen and oxygen atoms in total. The summed E-state index contributed by atoms with van der Waals surface area (Å²) in [4.78, 5) is 0. The van der Waals surface area contributed by atoms with Crippen molar-refractivity contribution in [2.75, 3.05) is 0 Å². The lowest BCUT2D eigenvalue weighted by atomic mass is 9.85. The lowest BCUT2D eigenvalue weighted by molar-refractivity contribution is 0.511. The maximum Gasteiger partial charge on any atom is -0.0159 e. The van der Waals surface area contributed by atoms with Crippen LogP contribution in [0.3, 0.4) is 0 Å². The average molecular weight is 274 g/mol. The highest BCUT2D eigenvalue weighted by atomic mass is 14.2. The van der Waals surface area contributed by atoms with Crippen molar-refractivity contribution in [2.24, 2.45) is 0 Å². The molecule has 0 heteroatoms. The van der Waals surface area contributed by atoms with Crippen LogP contribution in [0.25, 0.3) is 0 Å². The average Bonchev–Trinajstić information content (AvgIpc) is 2.49. The lowest BCUT2D eigenvalue weighted by Crippen LogP contribution is -2.04. The SMILES string of the molecule is CCCCCC(CCCC)c1ccccc1CCCC. The molecule has 1 atom stereocenters. The van der Waals surface area contributed by atoms with E-state index in [1.54, 1.807) is 11.1 Å². The van der Waals surface area contributed by atoms with Gasteiger partial charge in [-0.2, -0.15) is 0 Å². The molecule has 0 bridgehead atoms. The second kappa shape index (κ2) is 10.9. The predicted octanol–water partition coefficient (Wildman–Crippen LogP) is 6.88. The third-order valence-corrected chi connectivity index (χ3v) is 4.36. The number of unbranched alkanes of at least 4 members (excludes halogenated alkanes) is 4. The Bertz CT molecular complexity index is 340. The van der Waals surface area contributed by atoms with Gasteiger partial charge in [0.2, 0.25) is 0 Å². The minimum absolute atomic E-state index is 0.801. The highest BCUT2D eigenvalue weighted by molar-refractivity contribution is 5.30. The van der Waals surface area contributed by atoms with Crippen molar-refractivity contribution in [3.8, 4) is 0 Å². The largest absolute Gasteiger partial charge is 0.0654 e. The Morgan fingerprint density at radius 1 is 0.750 bits per heavy atom. The quantitative estimate of drug-likeness (QED) is 0.386. The van der Waals surface area contributed by atoms with Crippen LogP contribution < -0.4 is 0 Å². The normalized spacial score (nSPS) is 12.6. The van der Waals surface area contributed by atoms with Gasteiger partial charge in [0, 0.05) is 0 Å². The minimum Gasteiger partial charge on any atom is -0.0654 e. The van der Waals surface area contributed by atoms with Gasteiger partial charge in [-0.05, 0) is 42.7 Å². The van der Waals surface area contributed by atoms with Crippen molar-refractivity contribution in [1.29, 1.82) is 0 Å². The van der Waals surface area contributed by atoms with Crippen molar-refractivity contribution < 1.29 is 0 Å². The van der Waals surface area contributed by atoms with E-state index in [0.717, 1.165) is 5.92 Å². The molecule has 1 unspecified atom stereocenters. The summed E-state index contributed by atoms with van der Waals surface area (Å²) in [7, 11) is 0. The van der Waals surface area contributed by atoms with Crippen LogP contribution in [-0.2, 0) is 6.42 Å². The molecule has 0 aromatic heterocycles. The van der Waals surface area contributed by atoms with Crippen LogP contribution in [0.15, 0.2) is 24.3 Å². The molecule has 0 spiro atoms. The summed E-state index contributed by atoms with van der Waals surface area (Å²) in [5.41, 5.74) is 3.28. The molecule has 1 aromatic carbocycles. The van der Waals surface area contributed by atoms with E-state index in [4.69, 9.17) is 0 Å². The van der Waals surface area contributed by atoms with E-state index in [0.29, 0.717) is 0 Å². The number of hydrogen-bond donors (Lipinski definition) is 0. The Kier molecular flexibility index (Phi) is 9.45. The van der Waals surface area contributed by atoms with Crippen LogP contribution in [-0.4, -0.2) is 0 Å². The van der Waals surface area contributed by atoms with Crippen molar-refractivity contribution >= 4 is 0 Å². The molecule has 0 saturated carbocycles. The third-order valence-electron chi connectivity index (χ3n) is 4.36. The third kappa shape index (κ3) is 6.11. The van der Waals surface area contributed by atoms with Crippen LogP contribution in [0.1, 0.15) is 95.6 Å². The zero-order valence-corrected chi connectivity index (χ0v) is 14.0. The van der Waals surface area contributed by atoms with Gasteiger partial charge >= 0.3 is 0 Å². The highest BCUT2D eigenvalue weighted by Crippen LogP contribution is 2.31. The minimum atomic E-state index is 0.801. The Balaban J connectivity index is 2.76. The van der Waals surface area contributed by atoms with Crippen LogP contribution in [0.2, 0.25) is 0 Å². The van der Waals surface area contributed by atoms with Crippen LogP contribution in [0.4, 0.5) is 0 Å². The first-order valence-corrected chi connectivity index (χ1v) is 8.91. The molecule has 0 aliphatic rings. The first-order valence-electron chi connectivity index (χ1n) is 8.91. The lowest BCUT2D eigenvalue weighted by Gasteiger charge is -2.20. The Morgan fingerprint density at radius 3 is 2.10 bits per heavy atom. The molecular formula is C20H34. The number of hydrogen-bond acceptors (Lipinski definition) is 0. The molecular weight excluding hydrogens is 240 g/mol. The number of rotatable bonds is 11. The summed E-state index contributed by atoms with van der Waals surface area (Å²) in [6.07, 6.45) is 13.5. The monoisotopic (exact) mass is 274 g/mol. The molecule has 1 rings (SSSR count). The van der Waals surface area contributed by atoms with E-state index in [-0.39, 0.29) is 0 Å². The van der Waals surface area contributed by atoms with Crippen molar-refractivity contribution in [1.82, 2.24) is 0 Å². The van der Waals surface area contributed by atoms with E-state index in [1.165, 1.54) is 64.2 Å². The first kappa shape index (κ1) is 17.3. The summed E-state index contributed by atoms with van der Waals surface area (Å²) in [5.74, 6) is 0.801. The maximum absolute atomic E-state index is 2.40. The summed E-state index contributed by atoms with van der Waals surface area (Å²) in [6.45, 7) is 6.90. The molecule has 1 aromatic rings. The van der Waals surface area contributed by atoms with E-state index >= 15 is 0 Å². The van der Waals surface area contributed by atoms with E-state index in [1.807, 2.05) is 0 Å². The standard InChI is InChI=1S/C20H34/c1-4-7-10-15-18(13-8-5-2)20-17-12-11-16-19(20)14-9-6-3/h11-12,16-18H,4-10,13-15H2,1-3H3. The molecule has 0 saturated heterocycles. The van der Waals surface area contributed by atoms with Gasteiger partial charge in [0.15, 0.2) is 0 Å². The molecule has 0 aliphatic heterocycles. The maximum atomic E-state index is 2.40. The molecule has 0 aliphatic carbocycles. The molecule has 0 amide bonds. The fourth-order valence-corrected chi connectivity index (χ4v) is 3.07. The molecule has 0 heterocycles.